The fraction of sp³-hybridized carbons (Fsp3) is 0.533. The number of ether oxygens (including phenoxy) is 1. The maximum absolute atomic E-state index is 12.3. The van der Waals surface area contributed by atoms with Crippen molar-refractivity contribution in [3.8, 4) is 5.75 Å². The number of rotatable bonds is 3. The third-order valence-electron chi connectivity index (χ3n) is 3.63. The molecule has 1 fully saturated rings. The van der Waals surface area contributed by atoms with Gasteiger partial charge >= 0.3 is 0 Å². The zero-order valence-corrected chi connectivity index (χ0v) is 13.4. The highest BCUT2D eigenvalue weighted by Crippen LogP contribution is 2.22. The number of benzene rings is 1. The smallest absolute Gasteiger partial charge is 0.263 e. The van der Waals surface area contributed by atoms with Gasteiger partial charge in [-0.2, -0.15) is 0 Å². The zero-order chi connectivity index (χ0) is 14.8. The van der Waals surface area contributed by atoms with Crippen molar-refractivity contribution in [3.05, 3.63) is 28.7 Å². The number of aliphatic hydroxyl groups is 1. The lowest BCUT2D eigenvalue weighted by molar-refractivity contribution is -0.141. The molecule has 1 aliphatic heterocycles. The Labute approximate surface area is 127 Å². The van der Waals surface area contributed by atoms with E-state index in [2.05, 4.69) is 15.9 Å². The SMILES string of the molecule is CC(Oc1ccc(Br)cc1)C(=O)N1CCC(C)(O)CC1. The van der Waals surface area contributed by atoms with Crippen LogP contribution in [0.5, 0.6) is 5.75 Å². The first-order valence-corrected chi connectivity index (χ1v) is 7.60. The summed E-state index contributed by atoms with van der Waals surface area (Å²) in [6.07, 6.45) is 0.715. The van der Waals surface area contributed by atoms with Crippen molar-refractivity contribution in [2.45, 2.75) is 38.4 Å². The molecule has 1 atom stereocenters. The van der Waals surface area contributed by atoms with Crippen LogP contribution >= 0.6 is 15.9 Å². The Kier molecular flexibility index (Phi) is 4.70. The van der Waals surface area contributed by atoms with Gasteiger partial charge in [0.2, 0.25) is 0 Å². The first-order chi connectivity index (χ1) is 9.37. The van der Waals surface area contributed by atoms with Crippen LogP contribution in [0.1, 0.15) is 26.7 Å². The predicted molar refractivity (Wildman–Crippen MR) is 80.7 cm³/mol. The molecule has 1 unspecified atom stereocenters. The van der Waals surface area contributed by atoms with Gasteiger partial charge in [-0.15, -0.1) is 0 Å². The molecule has 0 spiro atoms. The van der Waals surface area contributed by atoms with E-state index in [1.54, 1.807) is 11.8 Å². The van der Waals surface area contributed by atoms with Gasteiger partial charge in [-0.05, 0) is 51.0 Å². The lowest BCUT2D eigenvalue weighted by Gasteiger charge is -2.36. The number of carbonyl (C=O) groups excluding carboxylic acids is 1. The van der Waals surface area contributed by atoms with E-state index >= 15 is 0 Å². The molecule has 110 valence electrons. The molecular weight excluding hydrogens is 322 g/mol. The van der Waals surface area contributed by atoms with E-state index in [4.69, 9.17) is 4.74 Å². The molecule has 0 aliphatic carbocycles. The van der Waals surface area contributed by atoms with Crippen LogP contribution in [-0.4, -0.2) is 40.7 Å². The normalized spacial score (nSPS) is 19.5. The number of halogens is 1. The summed E-state index contributed by atoms with van der Waals surface area (Å²) < 4.78 is 6.64. The quantitative estimate of drug-likeness (QED) is 0.919. The van der Waals surface area contributed by atoms with Gasteiger partial charge in [0.1, 0.15) is 5.75 Å². The van der Waals surface area contributed by atoms with Gasteiger partial charge < -0.3 is 14.7 Å². The van der Waals surface area contributed by atoms with Crippen molar-refractivity contribution in [2.24, 2.45) is 0 Å². The highest BCUT2D eigenvalue weighted by Gasteiger charge is 2.31. The Hall–Kier alpha value is -1.07. The van der Waals surface area contributed by atoms with Crippen molar-refractivity contribution in [3.63, 3.8) is 0 Å². The topological polar surface area (TPSA) is 49.8 Å². The van der Waals surface area contributed by atoms with Gasteiger partial charge in [-0.25, -0.2) is 0 Å². The molecular formula is C15H20BrNO3. The number of likely N-dealkylation sites (tertiary alicyclic amines) is 1. The molecule has 1 aromatic rings. The Morgan fingerprint density at radius 3 is 2.45 bits per heavy atom. The molecule has 2 rings (SSSR count). The molecule has 1 N–H and O–H groups in total. The van der Waals surface area contributed by atoms with Gasteiger partial charge in [0, 0.05) is 17.6 Å². The Bertz CT molecular complexity index is 463. The second-order valence-corrected chi connectivity index (χ2v) is 6.45. The van der Waals surface area contributed by atoms with Crippen LogP contribution in [0.25, 0.3) is 0 Å². The summed E-state index contributed by atoms with van der Waals surface area (Å²) in [5, 5.41) is 9.90. The van der Waals surface area contributed by atoms with Gasteiger partial charge in [0.25, 0.3) is 5.91 Å². The van der Waals surface area contributed by atoms with Crippen LogP contribution in [0.15, 0.2) is 28.7 Å². The van der Waals surface area contributed by atoms with E-state index in [9.17, 15) is 9.90 Å². The summed E-state index contributed by atoms with van der Waals surface area (Å²) in [6.45, 7) is 4.74. The van der Waals surface area contributed by atoms with Crippen molar-refractivity contribution in [1.29, 1.82) is 0 Å². The Morgan fingerprint density at radius 1 is 1.35 bits per heavy atom. The highest BCUT2D eigenvalue weighted by molar-refractivity contribution is 9.10. The summed E-state index contributed by atoms with van der Waals surface area (Å²) in [7, 11) is 0. The predicted octanol–water partition coefficient (Wildman–Crippen LogP) is 2.59. The molecule has 1 amide bonds. The van der Waals surface area contributed by atoms with Gasteiger partial charge in [-0.1, -0.05) is 15.9 Å². The molecule has 0 bridgehead atoms. The number of hydrogen-bond acceptors (Lipinski definition) is 3. The summed E-state index contributed by atoms with van der Waals surface area (Å²) >= 11 is 3.36. The van der Waals surface area contributed by atoms with Crippen molar-refractivity contribution in [2.75, 3.05) is 13.1 Å². The van der Waals surface area contributed by atoms with Crippen molar-refractivity contribution >= 4 is 21.8 Å². The van der Waals surface area contributed by atoms with E-state index in [0.717, 1.165) is 4.47 Å². The van der Waals surface area contributed by atoms with Crippen molar-refractivity contribution in [1.82, 2.24) is 4.90 Å². The van der Waals surface area contributed by atoms with E-state index in [0.29, 0.717) is 31.7 Å². The van der Waals surface area contributed by atoms with Gasteiger partial charge in [0.05, 0.1) is 5.60 Å². The van der Waals surface area contributed by atoms with E-state index in [1.807, 2.05) is 31.2 Å². The van der Waals surface area contributed by atoms with Crippen molar-refractivity contribution < 1.29 is 14.6 Å². The third-order valence-corrected chi connectivity index (χ3v) is 4.16. The summed E-state index contributed by atoms with van der Waals surface area (Å²) in [4.78, 5) is 14.1. The summed E-state index contributed by atoms with van der Waals surface area (Å²) in [5.41, 5.74) is -0.646. The molecule has 1 saturated heterocycles. The van der Waals surface area contributed by atoms with Crippen LogP contribution in [0.2, 0.25) is 0 Å². The minimum absolute atomic E-state index is 0.0246. The molecule has 1 aromatic carbocycles. The number of nitrogens with zero attached hydrogens (tertiary/aromatic N) is 1. The molecule has 20 heavy (non-hydrogen) atoms. The summed E-state index contributed by atoms with van der Waals surface area (Å²) in [5.74, 6) is 0.654. The highest BCUT2D eigenvalue weighted by atomic mass is 79.9. The minimum atomic E-state index is -0.646. The van der Waals surface area contributed by atoms with Crippen LogP contribution in [0, 0.1) is 0 Å². The molecule has 4 nitrogen and oxygen atoms in total. The average molecular weight is 342 g/mol. The first-order valence-electron chi connectivity index (χ1n) is 6.81. The first kappa shape index (κ1) is 15.3. The van der Waals surface area contributed by atoms with E-state index in [1.165, 1.54) is 0 Å². The molecule has 1 heterocycles. The minimum Gasteiger partial charge on any atom is -0.481 e. The third kappa shape index (κ3) is 3.96. The van der Waals surface area contributed by atoms with E-state index < -0.39 is 11.7 Å². The molecule has 1 aliphatic rings. The zero-order valence-electron chi connectivity index (χ0n) is 11.8. The Balaban J connectivity index is 1.90. The number of amides is 1. The second-order valence-electron chi connectivity index (χ2n) is 5.54. The maximum Gasteiger partial charge on any atom is 0.263 e. The summed E-state index contributed by atoms with van der Waals surface area (Å²) in [6, 6.07) is 7.42. The Morgan fingerprint density at radius 2 is 1.90 bits per heavy atom. The largest absolute Gasteiger partial charge is 0.481 e. The monoisotopic (exact) mass is 341 g/mol. The second kappa shape index (κ2) is 6.14. The van der Waals surface area contributed by atoms with E-state index in [-0.39, 0.29) is 5.91 Å². The lowest BCUT2D eigenvalue weighted by atomic mass is 9.93. The van der Waals surface area contributed by atoms with Crippen LogP contribution in [0.4, 0.5) is 0 Å². The lowest BCUT2D eigenvalue weighted by Crippen LogP contribution is -2.48. The van der Waals surface area contributed by atoms with Crippen LogP contribution in [0.3, 0.4) is 0 Å². The van der Waals surface area contributed by atoms with Crippen LogP contribution < -0.4 is 4.74 Å². The number of carbonyl (C=O) groups is 1. The van der Waals surface area contributed by atoms with Gasteiger partial charge in [0.15, 0.2) is 6.10 Å². The van der Waals surface area contributed by atoms with Gasteiger partial charge in [-0.3, -0.25) is 4.79 Å². The van der Waals surface area contributed by atoms with Crippen LogP contribution in [-0.2, 0) is 4.79 Å². The fourth-order valence-corrected chi connectivity index (χ4v) is 2.50. The average Bonchev–Trinajstić information content (AvgIpc) is 2.40. The maximum atomic E-state index is 12.3. The molecule has 0 radical (unpaired) electrons. The fourth-order valence-electron chi connectivity index (χ4n) is 2.23. The molecule has 0 saturated carbocycles. The number of piperidine rings is 1. The molecule has 0 aromatic heterocycles. The number of hydrogen-bond donors (Lipinski definition) is 1. The standard InChI is InChI=1S/C15H20BrNO3/c1-11(20-13-5-3-12(16)4-6-13)14(18)17-9-7-15(2,19)8-10-17/h3-6,11,19H,7-10H2,1-2H3. The molecule has 5 heteroatoms.